The first-order valence-electron chi connectivity index (χ1n) is 7.05. The number of benzene rings is 2. The highest BCUT2D eigenvalue weighted by molar-refractivity contribution is 5.60. The summed E-state index contributed by atoms with van der Waals surface area (Å²) in [6, 6.07) is 17.4. The largest absolute Gasteiger partial charge is 0.497 e. The molecule has 1 heterocycles. The van der Waals surface area contributed by atoms with Gasteiger partial charge in [-0.3, -0.25) is 0 Å². The summed E-state index contributed by atoms with van der Waals surface area (Å²) in [7, 11) is 3.16. The molecule has 1 aromatic heterocycles. The van der Waals surface area contributed by atoms with E-state index in [0.717, 1.165) is 17.0 Å². The highest BCUT2D eigenvalue weighted by Crippen LogP contribution is 2.22. The predicted octanol–water partition coefficient (Wildman–Crippen LogP) is 3.30. The van der Waals surface area contributed by atoms with E-state index in [1.807, 2.05) is 54.6 Å². The molecular weight excluding hydrogens is 292 g/mol. The van der Waals surface area contributed by atoms with E-state index in [2.05, 4.69) is 20.3 Å². The molecule has 6 heteroatoms. The molecule has 0 aliphatic rings. The summed E-state index contributed by atoms with van der Waals surface area (Å²) in [6.45, 7) is 0. The van der Waals surface area contributed by atoms with Crippen LogP contribution in [0.1, 0.15) is 0 Å². The molecule has 2 aromatic carbocycles. The van der Waals surface area contributed by atoms with Gasteiger partial charge in [0.25, 0.3) is 0 Å². The van der Waals surface area contributed by atoms with Crippen molar-refractivity contribution in [2.45, 2.75) is 0 Å². The van der Waals surface area contributed by atoms with Gasteiger partial charge in [-0.1, -0.05) is 18.2 Å². The Morgan fingerprint density at radius 3 is 2.17 bits per heavy atom. The second-order valence-electron chi connectivity index (χ2n) is 4.69. The van der Waals surface area contributed by atoms with Gasteiger partial charge in [0.15, 0.2) is 5.82 Å². The molecule has 0 radical (unpaired) electrons. The standard InChI is InChI=1S/C17H16N4O2/c1-22-14-10-8-12(9-11-14)15-19-16(21-17(20-15)23-2)18-13-6-4-3-5-7-13/h3-11H,1-2H3,(H,18,19,20,21). The van der Waals surface area contributed by atoms with E-state index in [-0.39, 0.29) is 6.01 Å². The summed E-state index contributed by atoms with van der Waals surface area (Å²) in [4.78, 5) is 13.0. The first-order chi connectivity index (χ1) is 11.3. The van der Waals surface area contributed by atoms with Crippen molar-refractivity contribution < 1.29 is 9.47 Å². The van der Waals surface area contributed by atoms with Gasteiger partial charge in [-0.15, -0.1) is 0 Å². The molecule has 0 amide bonds. The Morgan fingerprint density at radius 1 is 0.783 bits per heavy atom. The zero-order chi connectivity index (χ0) is 16.1. The third-order valence-electron chi connectivity index (χ3n) is 3.18. The molecule has 0 atom stereocenters. The number of methoxy groups -OCH3 is 2. The van der Waals surface area contributed by atoms with Crippen molar-refractivity contribution in [1.82, 2.24) is 15.0 Å². The summed E-state index contributed by atoms with van der Waals surface area (Å²) in [5, 5.41) is 3.14. The SMILES string of the molecule is COc1ccc(-c2nc(Nc3ccccc3)nc(OC)n2)cc1. The zero-order valence-corrected chi connectivity index (χ0v) is 12.9. The molecular formula is C17H16N4O2. The Labute approximate surface area is 134 Å². The Morgan fingerprint density at radius 2 is 1.52 bits per heavy atom. The molecule has 0 spiro atoms. The fourth-order valence-corrected chi connectivity index (χ4v) is 2.02. The van der Waals surface area contributed by atoms with Crippen LogP contribution in [-0.4, -0.2) is 29.2 Å². The van der Waals surface area contributed by atoms with E-state index in [1.54, 1.807) is 7.11 Å². The van der Waals surface area contributed by atoms with Crippen molar-refractivity contribution in [3.63, 3.8) is 0 Å². The average molecular weight is 308 g/mol. The molecule has 0 fully saturated rings. The number of ether oxygens (including phenoxy) is 2. The van der Waals surface area contributed by atoms with Crippen LogP contribution in [0.2, 0.25) is 0 Å². The second kappa shape index (κ2) is 6.74. The highest BCUT2D eigenvalue weighted by Gasteiger charge is 2.09. The number of hydrogen-bond donors (Lipinski definition) is 1. The lowest BCUT2D eigenvalue weighted by Gasteiger charge is -2.08. The lowest BCUT2D eigenvalue weighted by Crippen LogP contribution is -2.03. The summed E-state index contributed by atoms with van der Waals surface area (Å²) < 4.78 is 10.3. The molecule has 0 aliphatic heterocycles. The normalized spacial score (nSPS) is 10.2. The summed E-state index contributed by atoms with van der Waals surface area (Å²) in [5.74, 6) is 1.73. The van der Waals surface area contributed by atoms with Gasteiger partial charge in [0.1, 0.15) is 5.75 Å². The van der Waals surface area contributed by atoms with Gasteiger partial charge in [-0.2, -0.15) is 15.0 Å². The van der Waals surface area contributed by atoms with Crippen LogP contribution in [0, 0.1) is 0 Å². The van der Waals surface area contributed by atoms with Gasteiger partial charge in [0, 0.05) is 11.3 Å². The molecule has 0 unspecified atom stereocenters. The molecule has 1 N–H and O–H groups in total. The number of nitrogens with zero attached hydrogens (tertiary/aromatic N) is 3. The topological polar surface area (TPSA) is 69.2 Å². The van der Waals surface area contributed by atoms with Crippen molar-refractivity contribution in [3.8, 4) is 23.1 Å². The van der Waals surface area contributed by atoms with Gasteiger partial charge in [0.2, 0.25) is 5.95 Å². The Hall–Kier alpha value is -3.15. The van der Waals surface area contributed by atoms with E-state index < -0.39 is 0 Å². The molecule has 0 bridgehead atoms. The minimum Gasteiger partial charge on any atom is -0.497 e. The van der Waals surface area contributed by atoms with Crippen LogP contribution < -0.4 is 14.8 Å². The van der Waals surface area contributed by atoms with Crippen LogP contribution in [0.25, 0.3) is 11.4 Å². The first kappa shape index (κ1) is 14.8. The van der Waals surface area contributed by atoms with Crippen LogP contribution in [-0.2, 0) is 0 Å². The number of aromatic nitrogens is 3. The molecule has 116 valence electrons. The fourth-order valence-electron chi connectivity index (χ4n) is 2.02. The molecule has 0 saturated heterocycles. The summed E-state index contributed by atoms with van der Waals surface area (Å²) >= 11 is 0. The van der Waals surface area contributed by atoms with Gasteiger partial charge in [-0.05, 0) is 36.4 Å². The Balaban J connectivity index is 1.95. The maximum Gasteiger partial charge on any atom is 0.321 e. The summed E-state index contributed by atoms with van der Waals surface area (Å²) in [5.41, 5.74) is 1.74. The van der Waals surface area contributed by atoms with E-state index >= 15 is 0 Å². The number of rotatable bonds is 5. The van der Waals surface area contributed by atoms with Gasteiger partial charge in [0.05, 0.1) is 14.2 Å². The highest BCUT2D eigenvalue weighted by atomic mass is 16.5. The zero-order valence-electron chi connectivity index (χ0n) is 12.9. The van der Waals surface area contributed by atoms with Crippen LogP contribution in [0.15, 0.2) is 54.6 Å². The van der Waals surface area contributed by atoms with Gasteiger partial charge in [-0.25, -0.2) is 0 Å². The minimum absolute atomic E-state index is 0.254. The van der Waals surface area contributed by atoms with Crippen LogP contribution in [0.4, 0.5) is 11.6 Å². The summed E-state index contributed by atoms with van der Waals surface area (Å²) in [6.07, 6.45) is 0. The monoisotopic (exact) mass is 308 g/mol. The van der Waals surface area contributed by atoms with Crippen LogP contribution >= 0.6 is 0 Å². The third-order valence-corrected chi connectivity index (χ3v) is 3.18. The van der Waals surface area contributed by atoms with E-state index in [4.69, 9.17) is 9.47 Å². The molecule has 0 aliphatic carbocycles. The molecule has 3 aromatic rings. The lowest BCUT2D eigenvalue weighted by atomic mass is 10.2. The molecule has 0 saturated carbocycles. The van der Waals surface area contributed by atoms with Crippen molar-refractivity contribution >= 4 is 11.6 Å². The lowest BCUT2D eigenvalue weighted by molar-refractivity contribution is 0.379. The smallest absolute Gasteiger partial charge is 0.321 e. The maximum atomic E-state index is 5.17. The van der Waals surface area contributed by atoms with Crippen molar-refractivity contribution in [2.24, 2.45) is 0 Å². The second-order valence-corrected chi connectivity index (χ2v) is 4.69. The molecule has 23 heavy (non-hydrogen) atoms. The van der Waals surface area contributed by atoms with Crippen molar-refractivity contribution in [2.75, 3.05) is 19.5 Å². The number of hydrogen-bond acceptors (Lipinski definition) is 6. The number of nitrogens with one attached hydrogen (secondary N) is 1. The van der Waals surface area contributed by atoms with Crippen LogP contribution in [0.5, 0.6) is 11.8 Å². The Kier molecular flexibility index (Phi) is 4.33. The first-order valence-corrected chi connectivity index (χ1v) is 7.05. The molecule has 3 rings (SSSR count). The fraction of sp³-hybridized carbons (Fsp3) is 0.118. The van der Waals surface area contributed by atoms with Crippen molar-refractivity contribution in [3.05, 3.63) is 54.6 Å². The van der Waals surface area contributed by atoms with Gasteiger partial charge < -0.3 is 14.8 Å². The van der Waals surface area contributed by atoms with Crippen LogP contribution in [0.3, 0.4) is 0 Å². The maximum absolute atomic E-state index is 5.17. The third kappa shape index (κ3) is 3.55. The van der Waals surface area contributed by atoms with Crippen molar-refractivity contribution in [1.29, 1.82) is 0 Å². The minimum atomic E-state index is 0.254. The van der Waals surface area contributed by atoms with E-state index in [0.29, 0.717) is 11.8 Å². The predicted molar refractivity (Wildman–Crippen MR) is 88.1 cm³/mol. The average Bonchev–Trinajstić information content (AvgIpc) is 2.62. The quantitative estimate of drug-likeness (QED) is 0.780. The van der Waals surface area contributed by atoms with E-state index in [9.17, 15) is 0 Å². The van der Waals surface area contributed by atoms with Gasteiger partial charge >= 0.3 is 6.01 Å². The Bertz CT molecular complexity index is 776. The number of anilines is 2. The molecule has 6 nitrogen and oxygen atoms in total. The number of para-hydroxylation sites is 1. The van der Waals surface area contributed by atoms with E-state index in [1.165, 1.54) is 7.11 Å².